The van der Waals surface area contributed by atoms with Gasteiger partial charge < -0.3 is 10.6 Å². The number of nitrogens with zero attached hydrogens (tertiary/aromatic N) is 2. The minimum atomic E-state index is -3.70. The van der Waals surface area contributed by atoms with Crippen LogP contribution in [0.1, 0.15) is 36.2 Å². The molecule has 1 saturated heterocycles. The number of rotatable bonds is 3. The van der Waals surface area contributed by atoms with Gasteiger partial charge in [0.2, 0.25) is 0 Å². The fourth-order valence-corrected chi connectivity index (χ4v) is 4.41. The Morgan fingerprint density at radius 3 is 2.46 bits per heavy atom. The Balaban J connectivity index is 1.83. The highest BCUT2D eigenvalue weighted by molar-refractivity contribution is 7.90. The largest absolute Gasteiger partial charge is 0.338 e. The third-order valence-electron chi connectivity index (χ3n) is 5.11. The highest BCUT2D eigenvalue weighted by atomic mass is 32.2. The number of aryl methyl sites for hydroxylation is 1. The zero-order valence-electron chi connectivity index (χ0n) is 15.3. The molecular weight excluding hydrogens is 350 g/mol. The summed E-state index contributed by atoms with van der Waals surface area (Å²) in [4.78, 5) is 14.7. The van der Waals surface area contributed by atoms with Crippen LogP contribution in [-0.2, 0) is 10.0 Å². The van der Waals surface area contributed by atoms with Crippen LogP contribution in [0.4, 0.5) is 0 Å². The number of hydrogen-bond donors (Lipinski definition) is 1. The fraction of sp³-hybridized carbons (Fsp3) is 0.421. The van der Waals surface area contributed by atoms with Gasteiger partial charge >= 0.3 is 0 Å². The predicted molar refractivity (Wildman–Crippen MR) is 100 cm³/mol. The van der Waals surface area contributed by atoms with E-state index < -0.39 is 10.0 Å². The van der Waals surface area contributed by atoms with Crippen LogP contribution in [0.15, 0.2) is 47.6 Å². The van der Waals surface area contributed by atoms with Crippen LogP contribution in [0.5, 0.6) is 0 Å². The first kappa shape index (κ1) is 18.7. The van der Waals surface area contributed by atoms with E-state index in [0.717, 1.165) is 16.0 Å². The van der Waals surface area contributed by atoms with E-state index in [0.29, 0.717) is 18.7 Å². The molecule has 1 aliphatic rings. The maximum absolute atomic E-state index is 12.8. The quantitative estimate of drug-likeness (QED) is 0.891. The van der Waals surface area contributed by atoms with Crippen molar-refractivity contribution >= 4 is 15.9 Å². The lowest BCUT2D eigenvalue weighted by atomic mass is 9.79. The van der Waals surface area contributed by atoms with E-state index in [9.17, 15) is 13.2 Å². The minimum absolute atomic E-state index is 0.0538. The number of piperidine rings is 1. The van der Waals surface area contributed by atoms with E-state index >= 15 is 0 Å². The van der Waals surface area contributed by atoms with Crippen LogP contribution < -0.4 is 5.73 Å². The molecule has 6 nitrogen and oxygen atoms in total. The molecule has 2 aromatic rings. The Hall–Kier alpha value is -2.12. The lowest BCUT2D eigenvalue weighted by molar-refractivity contribution is 0.0533. The molecule has 1 aliphatic heterocycles. The molecule has 1 amide bonds. The van der Waals surface area contributed by atoms with Crippen molar-refractivity contribution in [3.8, 4) is 0 Å². The van der Waals surface area contributed by atoms with Crippen molar-refractivity contribution in [3.05, 3.63) is 53.9 Å². The Morgan fingerprint density at radius 2 is 1.85 bits per heavy atom. The van der Waals surface area contributed by atoms with Crippen molar-refractivity contribution in [3.63, 3.8) is 0 Å². The standard InChI is InChI=1S/C19H25N3O3S/c1-14-4-6-16(7-5-14)26(24,25)22-11-8-15(12-22)18(23)21-10-9-17(20)19(2,3)13-21/h4-8,11-12,17H,9-10,13,20H2,1-3H3. The maximum atomic E-state index is 12.8. The van der Waals surface area contributed by atoms with Crippen molar-refractivity contribution < 1.29 is 13.2 Å². The average Bonchev–Trinajstić information content (AvgIpc) is 3.08. The summed E-state index contributed by atoms with van der Waals surface area (Å²) in [5.74, 6) is -0.164. The van der Waals surface area contributed by atoms with Crippen LogP contribution in [0.2, 0.25) is 0 Å². The van der Waals surface area contributed by atoms with Crippen molar-refractivity contribution in [2.75, 3.05) is 13.1 Å². The number of carbonyl (C=O) groups excluding carboxylic acids is 1. The van der Waals surface area contributed by atoms with Gasteiger partial charge in [-0.2, -0.15) is 0 Å². The first-order chi connectivity index (χ1) is 12.1. The number of amides is 1. The lowest BCUT2D eigenvalue weighted by Gasteiger charge is -2.42. The van der Waals surface area contributed by atoms with Crippen molar-refractivity contribution in [1.29, 1.82) is 0 Å². The molecule has 0 radical (unpaired) electrons. The number of benzene rings is 1. The summed E-state index contributed by atoms with van der Waals surface area (Å²) in [5.41, 5.74) is 7.32. The van der Waals surface area contributed by atoms with Crippen LogP contribution in [0, 0.1) is 12.3 Å². The van der Waals surface area contributed by atoms with Gasteiger partial charge in [0.25, 0.3) is 15.9 Å². The Labute approximate surface area is 154 Å². The molecule has 1 atom stereocenters. The van der Waals surface area contributed by atoms with E-state index in [4.69, 9.17) is 5.73 Å². The van der Waals surface area contributed by atoms with Gasteiger partial charge in [0.15, 0.2) is 0 Å². The third kappa shape index (κ3) is 3.41. The van der Waals surface area contributed by atoms with Gasteiger partial charge in [-0.25, -0.2) is 12.4 Å². The van der Waals surface area contributed by atoms with Crippen LogP contribution in [0.3, 0.4) is 0 Å². The molecule has 1 unspecified atom stereocenters. The lowest BCUT2D eigenvalue weighted by Crippen LogP contribution is -2.53. The summed E-state index contributed by atoms with van der Waals surface area (Å²) < 4.78 is 26.6. The normalized spacial score (nSPS) is 20.2. The first-order valence-electron chi connectivity index (χ1n) is 8.66. The van der Waals surface area contributed by atoms with Gasteiger partial charge in [-0.3, -0.25) is 4.79 Å². The summed E-state index contributed by atoms with van der Waals surface area (Å²) in [6.07, 6.45) is 3.55. The molecule has 0 spiro atoms. The smallest absolute Gasteiger partial charge is 0.267 e. The summed E-state index contributed by atoms with van der Waals surface area (Å²) in [5, 5.41) is 0. The van der Waals surface area contributed by atoms with Crippen LogP contribution >= 0.6 is 0 Å². The van der Waals surface area contributed by atoms with Crippen LogP contribution in [-0.4, -0.2) is 42.3 Å². The molecule has 3 rings (SSSR count). The first-order valence-corrected chi connectivity index (χ1v) is 10.1. The van der Waals surface area contributed by atoms with Gasteiger partial charge in [-0.1, -0.05) is 31.5 Å². The van der Waals surface area contributed by atoms with E-state index in [1.165, 1.54) is 12.4 Å². The molecule has 0 aliphatic carbocycles. The number of aromatic nitrogens is 1. The molecule has 1 fully saturated rings. The predicted octanol–water partition coefficient (Wildman–Crippen LogP) is 2.23. The van der Waals surface area contributed by atoms with E-state index in [-0.39, 0.29) is 22.3 Å². The Kier molecular flexibility index (Phi) is 4.71. The second-order valence-corrected chi connectivity index (χ2v) is 9.50. The molecule has 2 N–H and O–H groups in total. The summed E-state index contributed by atoms with van der Waals surface area (Å²) in [6.45, 7) is 7.13. The summed E-state index contributed by atoms with van der Waals surface area (Å²) in [7, 11) is -3.70. The topological polar surface area (TPSA) is 85.4 Å². The molecular formula is C19H25N3O3S. The molecule has 1 aromatic heterocycles. The number of carbonyl (C=O) groups is 1. The fourth-order valence-electron chi connectivity index (χ4n) is 3.21. The number of likely N-dealkylation sites (tertiary alicyclic amines) is 1. The number of hydrogen-bond acceptors (Lipinski definition) is 4. The molecule has 2 heterocycles. The van der Waals surface area contributed by atoms with Crippen molar-refractivity contribution in [2.45, 2.75) is 38.1 Å². The molecule has 140 valence electrons. The number of nitrogens with two attached hydrogens (primary N) is 1. The van der Waals surface area contributed by atoms with E-state index in [1.807, 2.05) is 20.8 Å². The van der Waals surface area contributed by atoms with Gasteiger partial charge in [0.05, 0.1) is 10.5 Å². The monoisotopic (exact) mass is 375 g/mol. The second kappa shape index (κ2) is 6.55. The average molecular weight is 375 g/mol. The minimum Gasteiger partial charge on any atom is -0.338 e. The van der Waals surface area contributed by atoms with Gasteiger partial charge in [-0.15, -0.1) is 0 Å². The zero-order valence-corrected chi connectivity index (χ0v) is 16.2. The SMILES string of the molecule is Cc1ccc(S(=O)(=O)n2ccc(C(=O)N3CCC(N)C(C)(C)C3)c2)cc1. The Bertz CT molecular complexity index is 914. The van der Waals surface area contributed by atoms with Gasteiger partial charge in [0.1, 0.15) is 0 Å². The zero-order chi connectivity index (χ0) is 19.1. The highest BCUT2D eigenvalue weighted by Crippen LogP contribution is 2.28. The molecule has 0 bridgehead atoms. The molecule has 1 aromatic carbocycles. The van der Waals surface area contributed by atoms with Crippen LogP contribution in [0.25, 0.3) is 0 Å². The molecule has 0 saturated carbocycles. The summed E-state index contributed by atoms with van der Waals surface area (Å²) in [6, 6.07) is 8.25. The Morgan fingerprint density at radius 1 is 1.19 bits per heavy atom. The molecule has 26 heavy (non-hydrogen) atoms. The van der Waals surface area contributed by atoms with Crippen molar-refractivity contribution in [1.82, 2.24) is 8.87 Å². The van der Waals surface area contributed by atoms with Gasteiger partial charge in [0, 0.05) is 31.5 Å². The summed E-state index contributed by atoms with van der Waals surface area (Å²) >= 11 is 0. The van der Waals surface area contributed by atoms with E-state index in [1.54, 1.807) is 35.2 Å². The second-order valence-electron chi connectivity index (χ2n) is 7.66. The van der Waals surface area contributed by atoms with Gasteiger partial charge in [-0.05, 0) is 37.0 Å². The van der Waals surface area contributed by atoms with Crippen molar-refractivity contribution in [2.24, 2.45) is 11.1 Å². The third-order valence-corrected chi connectivity index (χ3v) is 6.76. The highest BCUT2D eigenvalue weighted by Gasteiger charge is 2.35. The maximum Gasteiger partial charge on any atom is 0.267 e. The van der Waals surface area contributed by atoms with E-state index in [2.05, 4.69) is 0 Å². The molecule has 7 heteroatoms.